The molecule has 1 saturated carbocycles. The molecule has 2 saturated heterocycles. The van der Waals surface area contributed by atoms with E-state index < -0.39 is 0 Å². The second kappa shape index (κ2) is 5.32. The Balaban J connectivity index is 1.54. The summed E-state index contributed by atoms with van der Waals surface area (Å²) in [6.07, 6.45) is 4.58. The molecule has 3 fully saturated rings. The SMILES string of the molecule is CC1CC(CC(=O)N2C[C@H]3CNC[C@H]3C2)CC(C)(C)C1. The van der Waals surface area contributed by atoms with Crippen LogP contribution in [0.3, 0.4) is 0 Å². The van der Waals surface area contributed by atoms with E-state index in [-0.39, 0.29) is 0 Å². The fourth-order valence-electron chi connectivity index (χ4n) is 5.13. The van der Waals surface area contributed by atoms with Gasteiger partial charge < -0.3 is 10.2 Å². The molecule has 1 aliphatic carbocycles. The Morgan fingerprint density at radius 1 is 1.20 bits per heavy atom. The fourth-order valence-corrected chi connectivity index (χ4v) is 5.13. The smallest absolute Gasteiger partial charge is 0.222 e. The minimum Gasteiger partial charge on any atom is -0.342 e. The standard InChI is InChI=1S/C17H30N2O/c1-12-4-13(7-17(2,3)6-12)5-16(20)19-10-14-8-18-9-15(14)11-19/h12-15,18H,4-11H2,1-3H3/t12?,13?,14-,15+. The van der Waals surface area contributed by atoms with E-state index in [9.17, 15) is 4.79 Å². The monoisotopic (exact) mass is 278 g/mol. The van der Waals surface area contributed by atoms with Crippen LogP contribution >= 0.6 is 0 Å². The highest BCUT2D eigenvalue weighted by Gasteiger charge is 2.39. The van der Waals surface area contributed by atoms with Crippen molar-refractivity contribution in [2.45, 2.75) is 46.5 Å². The molecule has 0 aromatic heterocycles. The number of carbonyl (C=O) groups excluding carboxylic acids is 1. The third-order valence-electron chi connectivity index (χ3n) is 5.68. The van der Waals surface area contributed by atoms with Crippen molar-refractivity contribution in [1.29, 1.82) is 0 Å². The zero-order valence-corrected chi connectivity index (χ0v) is 13.3. The summed E-state index contributed by atoms with van der Waals surface area (Å²) in [4.78, 5) is 14.7. The van der Waals surface area contributed by atoms with Crippen molar-refractivity contribution in [3.8, 4) is 0 Å². The molecule has 3 heteroatoms. The Morgan fingerprint density at radius 2 is 1.85 bits per heavy atom. The summed E-state index contributed by atoms with van der Waals surface area (Å²) < 4.78 is 0. The highest BCUT2D eigenvalue weighted by Crippen LogP contribution is 2.43. The van der Waals surface area contributed by atoms with E-state index in [0.717, 1.165) is 50.4 Å². The fraction of sp³-hybridized carbons (Fsp3) is 0.941. The lowest BCUT2D eigenvalue weighted by Gasteiger charge is -2.39. The van der Waals surface area contributed by atoms with Crippen molar-refractivity contribution >= 4 is 5.91 Å². The van der Waals surface area contributed by atoms with Gasteiger partial charge in [-0.15, -0.1) is 0 Å². The van der Waals surface area contributed by atoms with Crippen molar-refractivity contribution in [2.24, 2.45) is 29.1 Å². The average molecular weight is 278 g/mol. The van der Waals surface area contributed by atoms with Gasteiger partial charge in [0.15, 0.2) is 0 Å². The molecule has 2 heterocycles. The maximum atomic E-state index is 12.6. The molecule has 3 rings (SSSR count). The Bertz CT molecular complexity index is 367. The molecule has 3 nitrogen and oxygen atoms in total. The number of fused-ring (bicyclic) bond motifs is 1. The van der Waals surface area contributed by atoms with E-state index in [4.69, 9.17) is 0 Å². The van der Waals surface area contributed by atoms with E-state index in [2.05, 4.69) is 31.0 Å². The molecule has 1 amide bonds. The van der Waals surface area contributed by atoms with Gasteiger partial charge in [-0.25, -0.2) is 0 Å². The number of hydrogen-bond donors (Lipinski definition) is 1. The highest BCUT2D eigenvalue weighted by molar-refractivity contribution is 5.76. The molecular weight excluding hydrogens is 248 g/mol. The molecule has 4 atom stereocenters. The van der Waals surface area contributed by atoms with Crippen LogP contribution in [0.15, 0.2) is 0 Å². The summed E-state index contributed by atoms with van der Waals surface area (Å²) in [7, 11) is 0. The van der Waals surface area contributed by atoms with Crippen LogP contribution in [0.2, 0.25) is 0 Å². The zero-order chi connectivity index (χ0) is 14.3. The maximum absolute atomic E-state index is 12.6. The largest absolute Gasteiger partial charge is 0.342 e. The molecule has 20 heavy (non-hydrogen) atoms. The molecule has 0 spiro atoms. The predicted octanol–water partition coefficient (Wildman–Crippen LogP) is 2.52. The first-order valence-electron chi connectivity index (χ1n) is 8.41. The number of carbonyl (C=O) groups is 1. The average Bonchev–Trinajstić information content (AvgIpc) is 2.84. The van der Waals surface area contributed by atoms with Gasteiger partial charge in [-0.1, -0.05) is 20.8 Å². The predicted molar refractivity (Wildman–Crippen MR) is 81.3 cm³/mol. The first-order chi connectivity index (χ1) is 9.43. The van der Waals surface area contributed by atoms with Gasteiger partial charge in [-0.2, -0.15) is 0 Å². The van der Waals surface area contributed by atoms with Crippen LogP contribution in [0, 0.1) is 29.1 Å². The lowest BCUT2D eigenvalue weighted by atomic mass is 9.67. The zero-order valence-electron chi connectivity index (χ0n) is 13.3. The quantitative estimate of drug-likeness (QED) is 0.842. The van der Waals surface area contributed by atoms with Crippen molar-refractivity contribution in [1.82, 2.24) is 10.2 Å². The molecule has 2 unspecified atom stereocenters. The molecule has 0 radical (unpaired) electrons. The number of hydrogen-bond acceptors (Lipinski definition) is 2. The number of likely N-dealkylation sites (tertiary alicyclic amines) is 1. The summed E-state index contributed by atoms with van der Waals surface area (Å²) in [5.74, 6) is 3.26. The Labute approximate surface area is 123 Å². The van der Waals surface area contributed by atoms with Crippen molar-refractivity contribution < 1.29 is 4.79 Å². The number of amides is 1. The van der Waals surface area contributed by atoms with Crippen LogP contribution in [0.5, 0.6) is 0 Å². The first kappa shape index (κ1) is 14.4. The van der Waals surface area contributed by atoms with Gasteiger partial charge in [0.05, 0.1) is 0 Å². The van der Waals surface area contributed by atoms with E-state index in [1.165, 1.54) is 19.3 Å². The normalized spacial score (nSPS) is 39.9. The third-order valence-corrected chi connectivity index (χ3v) is 5.68. The number of rotatable bonds is 2. The molecule has 1 N–H and O–H groups in total. The molecule has 2 aliphatic heterocycles. The van der Waals surface area contributed by atoms with Crippen LogP contribution in [0.1, 0.15) is 46.5 Å². The van der Waals surface area contributed by atoms with Crippen LogP contribution in [0.4, 0.5) is 0 Å². The van der Waals surface area contributed by atoms with E-state index in [0.29, 0.717) is 17.2 Å². The summed E-state index contributed by atoms with van der Waals surface area (Å²) in [6, 6.07) is 0. The lowest BCUT2D eigenvalue weighted by Crippen LogP contribution is -2.35. The Morgan fingerprint density at radius 3 is 2.45 bits per heavy atom. The van der Waals surface area contributed by atoms with E-state index >= 15 is 0 Å². The van der Waals surface area contributed by atoms with Crippen LogP contribution in [-0.4, -0.2) is 37.0 Å². The molecule has 0 aromatic carbocycles. The summed E-state index contributed by atoms with van der Waals surface area (Å²) in [5, 5.41) is 3.44. The van der Waals surface area contributed by atoms with E-state index in [1.807, 2.05) is 0 Å². The molecule has 3 aliphatic rings. The van der Waals surface area contributed by atoms with Crippen LogP contribution in [-0.2, 0) is 4.79 Å². The highest BCUT2D eigenvalue weighted by atomic mass is 16.2. The molecule has 0 aromatic rings. The number of nitrogens with zero attached hydrogens (tertiary/aromatic N) is 1. The van der Waals surface area contributed by atoms with Crippen molar-refractivity contribution in [2.75, 3.05) is 26.2 Å². The molecule has 0 bridgehead atoms. The second-order valence-electron chi connectivity index (χ2n) is 8.46. The summed E-state index contributed by atoms with van der Waals surface area (Å²) >= 11 is 0. The minimum absolute atomic E-state index is 0.425. The topological polar surface area (TPSA) is 32.3 Å². The van der Waals surface area contributed by atoms with E-state index in [1.54, 1.807) is 0 Å². The summed E-state index contributed by atoms with van der Waals surface area (Å²) in [5.41, 5.74) is 0.425. The van der Waals surface area contributed by atoms with Gasteiger partial charge in [0.25, 0.3) is 0 Å². The Kier molecular flexibility index (Phi) is 3.83. The second-order valence-corrected chi connectivity index (χ2v) is 8.46. The van der Waals surface area contributed by atoms with Gasteiger partial charge >= 0.3 is 0 Å². The lowest BCUT2D eigenvalue weighted by molar-refractivity contribution is -0.132. The van der Waals surface area contributed by atoms with Gasteiger partial charge in [0.1, 0.15) is 0 Å². The van der Waals surface area contributed by atoms with Crippen molar-refractivity contribution in [3.63, 3.8) is 0 Å². The van der Waals surface area contributed by atoms with Crippen LogP contribution < -0.4 is 5.32 Å². The van der Waals surface area contributed by atoms with Gasteiger partial charge in [0, 0.05) is 32.6 Å². The maximum Gasteiger partial charge on any atom is 0.222 e. The van der Waals surface area contributed by atoms with Gasteiger partial charge in [0.2, 0.25) is 5.91 Å². The minimum atomic E-state index is 0.425. The van der Waals surface area contributed by atoms with Gasteiger partial charge in [-0.05, 0) is 48.3 Å². The third kappa shape index (κ3) is 3.03. The first-order valence-corrected chi connectivity index (χ1v) is 8.41. The Hall–Kier alpha value is -0.570. The van der Waals surface area contributed by atoms with Crippen LogP contribution in [0.25, 0.3) is 0 Å². The summed E-state index contributed by atoms with van der Waals surface area (Å²) in [6.45, 7) is 11.3. The molecule has 114 valence electrons. The molecular formula is C17H30N2O. The van der Waals surface area contributed by atoms with Crippen molar-refractivity contribution in [3.05, 3.63) is 0 Å². The number of nitrogens with one attached hydrogen (secondary N) is 1. The van der Waals surface area contributed by atoms with Gasteiger partial charge in [-0.3, -0.25) is 4.79 Å².